The molecule has 0 aliphatic rings. The lowest BCUT2D eigenvalue weighted by molar-refractivity contribution is 0.0698. The molecule has 18 heavy (non-hydrogen) atoms. The van der Waals surface area contributed by atoms with Crippen molar-refractivity contribution in [1.82, 2.24) is 15.2 Å². The van der Waals surface area contributed by atoms with E-state index >= 15 is 0 Å². The van der Waals surface area contributed by atoms with Crippen LogP contribution in [0.25, 0.3) is 22.2 Å². The Balaban J connectivity index is 2.34. The van der Waals surface area contributed by atoms with E-state index in [-0.39, 0.29) is 5.56 Å². The van der Waals surface area contributed by atoms with Crippen LogP contribution in [0.4, 0.5) is 0 Å². The molecule has 2 aromatic heterocycles. The first-order valence-corrected chi connectivity index (χ1v) is 5.53. The smallest absolute Gasteiger partial charge is 0.339 e. The third kappa shape index (κ3) is 1.41. The van der Waals surface area contributed by atoms with Gasteiger partial charge in [-0.15, -0.1) is 0 Å². The number of aromatic nitrogens is 3. The normalized spacial score (nSPS) is 10.9. The van der Waals surface area contributed by atoms with Gasteiger partial charge in [-0.2, -0.15) is 5.10 Å². The van der Waals surface area contributed by atoms with Crippen LogP contribution in [0.15, 0.2) is 30.5 Å². The molecule has 0 bridgehead atoms. The molecule has 0 amide bonds. The summed E-state index contributed by atoms with van der Waals surface area (Å²) in [5.41, 5.74) is 3.49. The largest absolute Gasteiger partial charge is 0.478 e. The number of hydrogen-bond acceptors (Lipinski definition) is 2. The number of carboxylic acid groups (broad SMARTS) is 1. The number of carbonyl (C=O) groups is 1. The van der Waals surface area contributed by atoms with Crippen molar-refractivity contribution in [2.45, 2.75) is 6.92 Å². The zero-order valence-corrected chi connectivity index (χ0v) is 9.69. The second-order valence-electron chi connectivity index (χ2n) is 4.13. The Morgan fingerprint density at radius 3 is 2.89 bits per heavy atom. The highest BCUT2D eigenvalue weighted by atomic mass is 16.4. The van der Waals surface area contributed by atoms with Crippen molar-refractivity contribution in [3.8, 4) is 11.3 Å². The van der Waals surface area contributed by atoms with Gasteiger partial charge < -0.3 is 10.1 Å². The van der Waals surface area contributed by atoms with Gasteiger partial charge >= 0.3 is 5.97 Å². The second-order valence-corrected chi connectivity index (χ2v) is 4.13. The maximum Gasteiger partial charge on any atom is 0.339 e. The van der Waals surface area contributed by atoms with E-state index in [2.05, 4.69) is 15.2 Å². The summed E-state index contributed by atoms with van der Waals surface area (Å²) >= 11 is 0. The number of aryl methyl sites for hydroxylation is 1. The van der Waals surface area contributed by atoms with Gasteiger partial charge in [0.25, 0.3) is 0 Å². The molecule has 0 aliphatic heterocycles. The first-order chi connectivity index (χ1) is 8.68. The van der Waals surface area contributed by atoms with Crippen molar-refractivity contribution in [3.63, 3.8) is 0 Å². The first kappa shape index (κ1) is 10.6. The Hall–Kier alpha value is -2.56. The van der Waals surface area contributed by atoms with Crippen molar-refractivity contribution in [2.75, 3.05) is 0 Å². The predicted octanol–water partition coefficient (Wildman–Crippen LogP) is 2.56. The van der Waals surface area contributed by atoms with Crippen LogP contribution in [0.3, 0.4) is 0 Å². The molecule has 90 valence electrons. The number of aromatic amines is 2. The van der Waals surface area contributed by atoms with Crippen LogP contribution in [0.1, 0.15) is 16.1 Å². The number of para-hydroxylation sites is 1. The fourth-order valence-electron chi connectivity index (χ4n) is 2.24. The summed E-state index contributed by atoms with van der Waals surface area (Å²) in [7, 11) is 0. The fraction of sp³-hybridized carbons (Fsp3) is 0.0769. The lowest BCUT2D eigenvalue weighted by Gasteiger charge is -2.00. The summed E-state index contributed by atoms with van der Waals surface area (Å²) in [5, 5.41) is 16.7. The van der Waals surface area contributed by atoms with Gasteiger partial charge in [-0.25, -0.2) is 4.79 Å². The molecule has 0 saturated heterocycles. The minimum absolute atomic E-state index is 0.183. The van der Waals surface area contributed by atoms with Crippen LogP contribution < -0.4 is 0 Å². The highest BCUT2D eigenvalue weighted by molar-refractivity contribution is 6.03. The number of carboxylic acids is 1. The molecular formula is C13H11N3O2. The van der Waals surface area contributed by atoms with Gasteiger partial charge in [0, 0.05) is 22.2 Å². The summed E-state index contributed by atoms with van der Waals surface area (Å²) in [6.45, 7) is 1.92. The summed E-state index contributed by atoms with van der Waals surface area (Å²) in [5.74, 6) is -0.983. The SMILES string of the molecule is Cc1[nH]c2ccccc2c1-c1[nH]ncc1C(=O)O. The van der Waals surface area contributed by atoms with E-state index in [0.717, 1.165) is 22.2 Å². The molecule has 0 saturated carbocycles. The molecule has 5 heteroatoms. The van der Waals surface area contributed by atoms with Crippen molar-refractivity contribution in [2.24, 2.45) is 0 Å². The number of benzene rings is 1. The maximum absolute atomic E-state index is 11.2. The molecule has 1 aromatic carbocycles. The third-order valence-corrected chi connectivity index (χ3v) is 3.01. The molecule has 0 unspecified atom stereocenters. The van der Waals surface area contributed by atoms with Crippen molar-refractivity contribution < 1.29 is 9.90 Å². The Morgan fingerprint density at radius 1 is 1.33 bits per heavy atom. The Labute approximate surface area is 102 Å². The number of rotatable bonds is 2. The monoisotopic (exact) mass is 241 g/mol. The van der Waals surface area contributed by atoms with Gasteiger partial charge in [-0.1, -0.05) is 18.2 Å². The van der Waals surface area contributed by atoms with Crippen LogP contribution in [0, 0.1) is 6.92 Å². The molecule has 0 atom stereocenters. The predicted molar refractivity (Wildman–Crippen MR) is 67.6 cm³/mol. The van der Waals surface area contributed by atoms with Crippen LogP contribution in [-0.2, 0) is 0 Å². The lowest BCUT2D eigenvalue weighted by Crippen LogP contribution is -1.97. The number of hydrogen-bond donors (Lipinski definition) is 3. The van der Waals surface area contributed by atoms with Crippen molar-refractivity contribution in [3.05, 3.63) is 41.7 Å². The van der Waals surface area contributed by atoms with E-state index in [9.17, 15) is 4.79 Å². The maximum atomic E-state index is 11.2. The average molecular weight is 241 g/mol. The van der Waals surface area contributed by atoms with E-state index < -0.39 is 5.97 Å². The van der Waals surface area contributed by atoms with Gasteiger partial charge in [0.05, 0.1) is 11.9 Å². The van der Waals surface area contributed by atoms with Gasteiger partial charge in [0.1, 0.15) is 5.56 Å². The zero-order valence-electron chi connectivity index (χ0n) is 9.69. The van der Waals surface area contributed by atoms with E-state index in [0.29, 0.717) is 5.69 Å². The lowest BCUT2D eigenvalue weighted by atomic mass is 10.0. The van der Waals surface area contributed by atoms with Gasteiger partial charge in [0.2, 0.25) is 0 Å². The Kier molecular flexibility index (Phi) is 2.19. The van der Waals surface area contributed by atoms with E-state index in [1.807, 2.05) is 31.2 Å². The van der Waals surface area contributed by atoms with Gasteiger partial charge in [-0.3, -0.25) is 5.10 Å². The standard InChI is InChI=1S/C13H11N3O2/c1-7-11(8-4-2-3-5-10(8)15-7)12-9(13(17)18)6-14-16-12/h2-6,15H,1H3,(H,14,16)(H,17,18). The fourth-order valence-corrected chi connectivity index (χ4v) is 2.24. The van der Waals surface area contributed by atoms with E-state index in [4.69, 9.17) is 5.11 Å². The molecule has 3 aromatic rings. The molecule has 0 aliphatic carbocycles. The Morgan fingerprint density at radius 2 is 2.11 bits per heavy atom. The number of H-pyrrole nitrogens is 2. The highest BCUT2D eigenvalue weighted by Crippen LogP contribution is 2.32. The van der Waals surface area contributed by atoms with Crippen LogP contribution in [0.5, 0.6) is 0 Å². The van der Waals surface area contributed by atoms with Crippen molar-refractivity contribution in [1.29, 1.82) is 0 Å². The van der Waals surface area contributed by atoms with E-state index in [1.165, 1.54) is 6.20 Å². The molecule has 0 fully saturated rings. The summed E-state index contributed by atoms with van der Waals surface area (Å²) in [6, 6.07) is 7.78. The Bertz CT molecular complexity index is 740. The molecule has 5 nitrogen and oxygen atoms in total. The van der Waals surface area contributed by atoms with Gasteiger partial charge in [-0.05, 0) is 13.0 Å². The van der Waals surface area contributed by atoms with Crippen molar-refractivity contribution >= 4 is 16.9 Å². The number of nitrogens with one attached hydrogen (secondary N) is 2. The summed E-state index contributed by atoms with van der Waals surface area (Å²) < 4.78 is 0. The molecule has 0 radical (unpaired) electrons. The summed E-state index contributed by atoms with van der Waals surface area (Å²) in [4.78, 5) is 14.4. The minimum Gasteiger partial charge on any atom is -0.478 e. The quantitative estimate of drug-likeness (QED) is 0.644. The van der Waals surface area contributed by atoms with Crippen LogP contribution >= 0.6 is 0 Å². The topological polar surface area (TPSA) is 81.8 Å². The van der Waals surface area contributed by atoms with Crippen LogP contribution in [-0.4, -0.2) is 26.3 Å². The number of aromatic carboxylic acids is 1. The second kappa shape index (κ2) is 3.73. The minimum atomic E-state index is -0.983. The third-order valence-electron chi connectivity index (χ3n) is 3.01. The first-order valence-electron chi connectivity index (χ1n) is 5.53. The molecular weight excluding hydrogens is 230 g/mol. The van der Waals surface area contributed by atoms with Crippen LogP contribution in [0.2, 0.25) is 0 Å². The van der Waals surface area contributed by atoms with Gasteiger partial charge in [0.15, 0.2) is 0 Å². The number of fused-ring (bicyclic) bond motifs is 1. The molecule has 0 spiro atoms. The summed E-state index contributed by atoms with van der Waals surface area (Å²) in [6.07, 6.45) is 1.33. The molecule has 3 N–H and O–H groups in total. The number of nitrogens with zero attached hydrogens (tertiary/aromatic N) is 1. The molecule has 2 heterocycles. The molecule has 3 rings (SSSR count). The zero-order chi connectivity index (χ0) is 12.7. The highest BCUT2D eigenvalue weighted by Gasteiger charge is 2.19. The van der Waals surface area contributed by atoms with E-state index in [1.54, 1.807) is 0 Å². The average Bonchev–Trinajstić information content (AvgIpc) is 2.91.